The molecule has 8 heteroatoms. The van der Waals surface area contributed by atoms with Gasteiger partial charge in [-0.05, 0) is 44.0 Å². The summed E-state index contributed by atoms with van der Waals surface area (Å²) in [5, 5.41) is 3.26. The lowest BCUT2D eigenvalue weighted by Crippen LogP contribution is -2.31. The highest BCUT2D eigenvalue weighted by molar-refractivity contribution is 7.98. The number of hydrogen-bond acceptors (Lipinski definition) is 6. The van der Waals surface area contributed by atoms with Crippen LogP contribution in [0, 0.1) is 6.92 Å². The van der Waals surface area contributed by atoms with Crippen LogP contribution in [0.5, 0.6) is 11.5 Å². The molecular weight excluding hydrogens is 438 g/mol. The molecule has 3 aromatic rings. The van der Waals surface area contributed by atoms with Crippen molar-refractivity contribution in [3.05, 3.63) is 75.1 Å². The molecule has 2 aromatic carbocycles. The molecule has 2 heterocycles. The summed E-state index contributed by atoms with van der Waals surface area (Å²) in [6, 6.07) is 13.7. The number of hydrogen-bond donors (Lipinski definition) is 2. The summed E-state index contributed by atoms with van der Waals surface area (Å²) >= 11 is 1.43. The SMILES string of the molecule is CCOc1ccc(C2CC(=O)Nc3nc(SCc4cccc(C)c4)[nH]c(=O)c32)cc1OCC. The van der Waals surface area contributed by atoms with E-state index in [1.54, 1.807) is 0 Å². The van der Waals surface area contributed by atoms with Gasteiger partial charge in [-0.2, -0.15) is 0 Å². The van der Waals surface area contributed by atoms with E-state index >= 15 is 0 Å². The average molecular weight is 466 g/mol. The van der Waals surface area contributed by atoms with Crippen LogP contribution in [-0.2, 0) is 10.5 Å². The Morgan fingerprint density at radius 1 is 1.06 bits per heavy atom. The second-order valence-corrected chi connectivity index (χ2v) is 8.75. The molecular formula is C25H27N3O4S. The Hall–Kier alpha value is -3.26. The molecule has 0 aliphatic carbocycles. The standard InChI is InChI=1S/C25H27N3O4S/c1-4-31-19-10-9-17(12-20(19)32-5-2)18-13-21(29)26-23-22(18)24(30)28-25(27-23)33-14-16-8-6-7-15(3)11-16/h6-12,18H,4-5,13-14H2,1-3H3,(H2,26,27,28,29,30). The van der Waals surface area contributed by atoms with E-state index in [0.29, 0.717) is 47.0 Å². The third kappa shape index (κ3) is 5.22. The molecule has 0 saturated carbocycles. The van der Waals surface area contributed by atoms with E-state index < -0.39 is 5.92 Å². The molecule has 0 radical (unpaired) electrons. The van der Waals surface area contributed by atoms with Crippen LogP contribution in [0.2, 0.25) is 0 Å². The number of ether oxygens (including phenoxy) is 2. The number of nitrogens with zero attached hydrogens (tertiary/aromatic N) is 1. The number of anilines is 1. The summed E-state index contributed by atoms with van der Waals surface area (Å²) in [5.41, 5.74) is 3.34. The van der Waals surface area contributed by atoms with Gasteiger partial charge in [-0.25, -0.2) is 4.98 Å². The summed E-state index contributed by atoms with van der Waals surface area (Å²) in [4.78, 5) is 33.1. The fraction of sp³-hybridized carbons (Fsp3) is 0.320. The van der Waals surface area contributed by atoms with E-state index in [0.717, 1.165) is 11.1 Å². The minimum Gasteiger partial charge on any atom is -0.490 e. The maximum Gasteiger partial charge on any atom is 0.257 e. The molecule has 1 aliphatic heterocycles. The van der Waals surface area contributed by atoms with Crippen molar-refractivity contribution in [3.63, 3.8) is 0 Å². The van der Waals surface area contributed by atoms with Crippen LogP contribution in [0.15, 0.2) is 52.4 Å². The minimum atomic E-state index is -0.421. The normalized spacial score (nSPS) is 15.0. The summed E-state index contributed by atoms with van der Waals surface area (Å²) in [6.07, 6.45) is 0.160. The van der Waals surface area contributed by atoms with E-state index in [9.17, 15) is 9.59 Å². The van der Waals surface area contributed by atoms with Gasteiger partial charge in [-0.1, -0.05) is 47.7 Å². The first kappa shape index (κ1) is 22.9. The van der Waals surface area contributed by atoms with Crippen LogP contribution >= 0.6 is 11.8 Å². The van der Waals surface area contributed by atoms with Crippen molar-refractivity contribution < 1.29 is 14.3 Å². The highest BCUT2D eigenvalue weighted by Crippen LogP contribution is 2.38. The predicted molar refractivity (Wildman–Crippen MR) is 129 cm³/mol. The zero-order valence-electron chi connectivity index (χ0n) is 18.9. The van der Waals surface area contributed by atoms with Gasteiger partial charge in [0.2, 0.25) is 5.91 Å². The number of amides is 1. The molecule has 7 nitrogen and oxygen atoms in total. The number of H-pyrrole nitrogens is 1. The number of rotatable bonds is 8. The van der Waals surface area contributed by atoms with Crippen LogP contribution in [0.25, 0.3) is 0 Å². The highest BCUT2D eigenvalue weighted by atomic mass is 32.2. The van der Waals surface area contributed by atoms with Crippen molar-refractivity contribution in [2.45, 2.75) is 44.0 Å². The first-order valence-corrected chi connectivity index (χ1v) is 12.0. The monoisotopic (exact) mass is 465 g/mol. The van der Waals surface area contributed by atoms with Crippen molar-refractivity contribution in [2.24, 2.45) is 0 Å². The van der Waals surface area contributed by atoms with Gasteiger partial charge in [0.25, 0.3) is 5.56 Å². The molecule has 1 aliphatic rings. The third-order valence-corrected chi connectivity index (χ3v) is 6.30. The molecule has 0 saturated heterocycles. The summed E-state index contributed by atoms with van der Waals surface area (Å²) < 4.78 is 11.4. The Bertz CT molecular complexity index is 1220. The lowest BCUT2D eigenvalue weighted by Gasteiger charge is -2.25. The van der Waals surface area contributed by atoms with Gasteiger partial charge in [0, 0.05) is 18.1 Å². The van der Waals surface area contributed by atoms with Gasteiger partial charge in [0.1, 0.15) is 5.82 Å². The Morgan fingerprint density at radius 2 is 1.85 bits per heavy atom. The van der Waals surface area contributed by atoms with E-state index in [1.165, 1.54) is 17.3 Å². The molecule has 0 spiro atoms. The van der Waals surface area contributed by atoms with Gasteiger partial charge >= 0.3 is 0 Å². The van der Waals surface area contributed by atoms with Crippen molar-refractivity contribution in [2.75, 3.05) is 18.5 Å². The number of carbonyl (C=O) groups is 1. The number of thioether (sulfide) groups is 1. The molecule has 1 unspecified atom stereocenters. The molecule has 1 atom stereocenters. The van der Waals surface area contributed by atoms with Gasteiger partial charge in [-0.15, -0.1) is 0 Å². The number of aromatic nitrogens is 2. The van der Waals surface area contributed by atoms with Crippen LogP contribution < -0.4 is 20.3 Å². The van der Waals surface area contributed by atoms with Crippen LogP contribution in [0.4, 0.5) is 5.82 Å². The van der Waals surface area contributed by atoms with E-state index in [1.807, 2.05) is 57.2 Å². The second-order valence-electron chi connectivity index (χ2n) is 7.79. The van der Waals surface area contributed by atoms with E-state index in [-0.39, 0.29) is 17.9 Å². The molecule has 4 rings (SSSR count). The largest absolute Gasteiger partial charge is 0.490 e. The topological polar surface area (TPSA) is 93.3 Å². The summed E-state index contributed by atoms with van der Waals surface area (Å²) in [5.74, 6) is 1.62. The van der Waals surface area contributed by atoms with Crippen LogP contribution in [0.3, 0.4) is 0 Å². The zero-order chi connectivity index (χ0) is 23.4. The maximum atomic E-state index is 13.1. The Balaban J connectivity index is 1.65. The van der Waals surface area contributed by atoms with Crippen molar-refractivity contribution in [1.29, 1.82) is 0 Å². The second kappa shape index (κ2) is 10.1. The van der Waals surface area contributed by atoms with Crippen molar-refractivity contribution in [3.8, 4) is 11.5 Å². The summed E-state index contributed by atoms with van der Waals surface area (Å²) in [6.45, 7) is 6.85. The number of carbonyl (C=O) groups excluding carboxylic acids is 1. The highest BCUT2D eigenvalue weighted by Gasteiger charge is 2.31. The number of aryl methyl sites for hydroxylation is 1. The smallest absolute Gasteiger partial charge is 0.257 e. The number of nitrogens with one attached hydrogen (secondary N) is 2. The van der Waals surface area contributed by atoms with Crippen molar-refractivity contribution >= 4 is 23.5 Å². The van der Waals surface area contributed by atoms with E-state index in [2.05, 4.69) is 21.4 Å². The van der Waals surface area contributed by atoms with Crippen LogP contribution in [-0.4, -0.2) is 29.1 Å². The lowest BCUT2D eigenvalue weighted by atomic mass is 9.86. The quantitative estimate of drug-likeness (QED) is 0.372. The molecule has 1 amide bonds. The molecule has 0 fully saturated rings. The van der Waals surface area contributed by atoms with Crippen LogP contribution in [0.1, 0.15) is 48.4 Å². The Morgan fingerprint density at radius 3 is 2.61 bits per heavy atom. The van der Waals surface area contributed by atoms with Gasteiger partial charge in [0.15, 0.2) is 16.7 Å². The molecule has 2 N–H and O–H groups in total. The third-order valence-electron chi connectivity index (χ3n) is 5.36. The Kier molecular flexibility index (Phi) is 7.03. The predicted octanol–water partition coefficient (Wildman–Crippen LogP) is 4.64. The minimum absolute atomic E-state index is 0.160. The van der Waals surface area contributed by atoms with Crippen molar-refractivity contribution in [1.82, 2.24) is 9.97 Å². The Labute approximate surface area is 196 Å². The fourth-order valence-corrected chi connectivity index (χ4v) is 4.75. The number of benzene rings is 2. The molecule has 33 heavy (non-hydrogen) atoms. The van der Waals surface area contributed by atoms with E-state index in [4.69, 9.17) is 9.47 Å². The van der Waals surface area contributed by atoms with Gasteiger partial charge in [0.05, 0.1) is 18.8 Å². The average Bonchev–Trinajstić information content (AvgIpc) is 2.78. The van der Waals surface area contributed by atoms with Gasteiger partial charge < -0.3 is 19.8 Å². The molecule has 0 bridgehead atoms. The first-order valence-electron chi connectivity index (χ1n) is 11.0. The number of fused-ring (bicyclic) bond motifs is 1. The first-order chi connectivity index (χ1) is 16.0. The zero-order valence-corrected chi connectivity index (χ0v) is 19.8. The summed E-state index contributed by atoms with van der Waals surface area (Å²) in [7, 11) is 0. The lowest BCUT2D eigenvalue weighted by molar-refractivity contribution is -0.116. The maximum absolute atomic E-state index is 13.1. The fourth-order valence-electron chi connectivity index (χ4n) is 3.94. The number of aromatic amines is 1. The molecule has 172 valence electrons. The molecule has 1 aromatic heterocycles. The van der Waals surface area contributed by atoms with Gasteiger partial charge in [-0.3, -0.25) is 9.59 Å².